The van der Waals surface area contributed by atoms with Gasteiger partial charge in [0.05, 0.1) is 10.6 Å². The molecule has 2 aromatic carbocycles. The minimum atomic E-state index is -3.60. The molecular weight excluding hydrogens is 345 g/mol. The Kier molecular flexibility index (Phi) is 5.92. The summed E-state index contributed by atoms with van der Waals surface area (Å²) in [5, 5.41) is 11.7. The number of aliphatic hydroxyl groups excluding tert-OH is 1. The Hall–Kier alpha value is -2.25. The minimum absolute atomic E-state index is 0.0238. The van der Waals surface area contributed by atoms with Gasteiger partial charge in [0.25, 0.3) is 5.91 Å². The molecule has 0 aliphatic heterocycles. The molecule has 2 N–H and O–H groups in total. The SMILES string of the molecule is Cc1cc(NC(=O)c2cccc(S(=O)(=O)C[C@@H](C)CO)c2)ccc1F. The van der Waals surface area contributed by atoms with Crippen LogP contribution in [0.3, 0.4) is 0 Å². The smallest absolute Gasteiger partial charge is 0.255 e. The van der Waals surface area contributed by atoms with Gasteiger partial charge in [-0.15, -0.1) is 0 Å². The summed E-state index contributed by atoms with van der Waals surface area (Å²) >= 11 is 0. The summed E-state index contributed by atoms with van der Waals surface area (Å²) in [6.45, 7) is 2.98. The molecule has 0 radical (unpaired) electrons. The number of nitrogens with one attached hydrogen (secondary N) is 1. The summed E-state index contributed by atoms with van der Waals surface area (Å²) in [6.07, 6.45) is 0. The zero-order chi connectivity index (χ0) is 18.6. The highest BCUT2D eigenvalue weighted by Gasteiger charge is 2.19. The van der Waals surface area contributed by atoms with Crippen LogP contribution in [0.15, 0.2) is 47.4 Å². The standard InChI is InChI=1S/C18H20FNO4S/c1-12(10-21)11-25(23,24)16-5-3-4-14(9-16)18(22)20-15-6-7-17(19)13(2)8-15/h3-9,12,21H,10-11H2,1-2H3,(H,20,22)/t12-/m0/s1. The first-order valence-electron chi connectivity index (χ1n) is 7.74. The van der Waals surface area contributed by atoms with Crippen molar-refractivity contribution in [2.45, 2.75) is 18.7 Å². The van der Waals surface area contributed by atoms with E-state index >= 15 is 0 Å². The highest BCUT2D eigenvalue weighted by atomic mass is 32.2. The lowest BCUT2D eigenvalue weighted by atomic mass is 10.2. The maximum absolute atomic E-state index is 13.3. The first-order chi connectivity index (χ1) is 11.7. The van der Waals surface area contributed by atoms with Gasteiger partial charge in [-0.2, -0.15) is 0 Å². The number of benzene rings is 2. The van der Waals surface area contributed by atoms with Gasteiger partial charge in [-0.1, -0.05) is 13.0 Å². The molecule has 0 fully saturated rings. The van der Waals surface area contributed by atoms with Crippen molar-refractivity contribution in [3.05, 3.63) is 59.4 Å². The molecule has 0 heterocycles. The molecule has 2 aromatic rings. The molecule has 0 spiro atoms. The van der Waals surface area contributed by atoms with E-state index in [0.717, 1.165) is 0 Å². The Labute approximate surface area is 146 Å². The summed E-state index contributed by atoms with van der Waals surface area (Å²) < 4.78 is 37.9. The fraction of sp³-hybridized carbons (Fsp3) is 0.278. The number of anilines is 1. The molecule has 0 aromatic heterocycles. The van der Waals surface area contributed by atoms with E-state index in [4.69, 9.17) is 5.11 Å². The van der Waals surface area contributed by atoms with Crippen molar-refractivity contribution in [2.75, 3.05) is 17.7 Å². The summed E-state index contributed by atoms with van der Waals surface area (Å²) in [5.41, 5.74) is 0.998. The third-order valence-electron chi connectivity index (χ3n) is 3.69. The summed E-state index contributed by atoms with van der Waals surface area (Å²) in [6, 6.07) is 9.88. The van der Waals surface area contributed by atoms with E-state index in [9.17, 15) is 17.6 Å². The molecular formula is C18H20FNO4S. The number of halogens is 1. The van der Waals surface area contributed by atoms with Crippen molar-refractivity contribution in [3.63, 3.8) is 0 Å². The van der Waals surface area contributed by atoms with Crippen LogP contribution in [-0.2, 0) is 9.84 Å². The van der Waals surface area contributed by atoms with E-state index in [1.54, 1.807) is 13.8 Å². The number of rotatable bonds is 6. The van der Waals surface area contributed by atoms with Crippen LogP contribution in [0.4, 0.5) is 10.1 Å². The Morgan fingerprint density at radius 3 is 2.60 bits per heavy atom. The van der Waals surface area contributed by atoms with Gasteiger partial charge in [-0.3, -0.25) is 4.79 Å². The normalized spacial score (nSPS) is 12.6. The van der Waals surface area contributed by atoms with Gasteiger partial charge in [0.1, 0.15) is 5.82 Å². The van der Waals surface area contributed by atoms with Gasteiger partial charge in [0, 0.05) is 17.9 Å². The van der Waals surface area contributed by atoms with Crippen LogP contribution in [0.25, 0.3) is 0 Å². The molecule has 0 aliphatic rings. The number of hydrogen-bond acceptors (Lipinski definition) is 4. The van der Waals surface area contributed by atoms with Crippen molar-refractivity contribution < 1.29 is 22.7 Å². The van der Waals surface area contributed by atoms with Gasteiger partial charge in [-0.25, -0.2) is 12.8 Å². The van der Waals surface area contributed by atoms with E-state index in [-0.39, 0.29) is 28.6 Å². The van der Waals surface area contributed by atoms with Crippen molar-refractivity contribution in [2.24, 2.45) is 5.92 Å². The van der Waals surface area contributed by atoms with Crippen molar-refractivity contribution >= 4 is 21.4 Å². The zero-order valence-electron chi connectivity index (χ0n) is 14.0. The topological polar surface area (TPSA) is 83.5 Å². The first kappa shape index (κ1) is 19.1. The van der Waals surface area contributed by atoms with Gasteiger partial charge < -0.3 is 10.4 Å². The van der Waals surface area contributed by atoms with E-state index < -0.39 is 21.7 Å². The summed E-state index contributed by atoms with van der Waals surface area (Å²) in [7, 11) is -3.60. The van der Waals surface area contributed by atoms with Crippen LogP contribution in [0, 0.1) is 18.7 Å². The van der Waals surface area contributed by atoms with E-state index in [1.807, 2.05) is 0 Å². The van der Waals surface area contributed by atoms with Crippen molar-refractivity contribution in [1.29, 1.82) is 0 Å². The van der Waals surface area contributed by atoms with Gasteiger partial charge in [0.15, 0.2) is 9.84 Å². The quantitative estimate of drug-likeness (QED) is 0.825. The first-order valence-corrected chi connectivity index (χ1v) is 9.39. The predicted molar refractivity (Wildman–Crippen MR) is 93.8 cm³/mol. The lowest BCUT2D eigenvalue weighted by Crippen LogP contribution is -2.18. The number of aliphatic hydroxyl groups is 1. The minimum Gasteiger partial charge on any atom is -0.396 e. The molecule has 25 heavy (non-hydrogen) atoms. The largest absolute Gasteiger partial charge is 0.396 e. The molecule has 1 amide bonds. The molecule has 0 saturated heterocycles. The third kappa shape index (κ3) is 4.87. The lowest BCUT2D eigenvalue weighted by molar-refractivity contribution is 0.102. The number of carbonyl (C=O) groups is 1. The summed E-state index contributed by atoms with van der Waals surface area (Å²) in [4.78, 5) is 12.4. The molecule has 7 heteroatoms. The number of aryl methyl sites for hydroxylation is 1. The number of sulfone groups is 1. The predicted octanol–water partition coefficient (Wildman–Crippen LogP) is 2.79. The van der Waals surface area contributed by atoms with Crippen LogP contribution in [0.2, 0.25) is 0 Å². The maximum atomic E-state index is 13.3. The summed E-state index contributed by atoms with van der Waals surface area (Å²) in [5.74, 6) is -1.46. The second kappa shape index (κ2) is 7.76. The fourth-order valence-electron chi connectivity index (χ4n) is 2.28. The average molecular weight is 365 g/mol. The molecule has 1 atom stereocenters. The zero-order valence-corrected chi connectivity index (χ0v) is 14.8. The fourth-order valence-corrected chi connectivity index (χ4v) is 3.92. The second-order valence-corrected chi connectivity index (χ2v) is 8.05. The highest BCUT2D eigenvalue weighted by Crippen LogP contribution is 2.18. The highest BCUT2D eigenvalue weighted by molar-refractivity contribution is 7.91. The molecule has 0 aliphatic carbocycles. The lowest BCUT2D eigenvalue weighted by Gasteiger charge is -2.11. The second-order valence-electron chi connectivity index (χ2n) is 6.02. The maximum Gasteiger partial charge on any atom is 0.255 e. The van der Waals surface area contributed by atoms with Crippen LogP contribution in [-0.4, -0.2) is 31.8 Å². The Bertz CT molecular complexity index is 880. The Morgan fingerprint density at radius 1 is 1.24 bits per heavy atom. The van der Waals surface area contributed by atoms with E-state index in [2.05, 4.69) is 5.32 Å². The van der Waals surface area contributed by atoms with Crippen LogP contribution in [0.5, 0.6) is 0 Å². The third-order valence-corrected chi connectivity index (χ3v) is 5.67. The van der Waals surface area contributed by atoms with E-state index in [1.165, 1.54) is 42.5 Å². The van der Waals surface area contributed by atoms with Gasteiger partial charge in [0.2, 0.25) is 0 Å². The average Bonchev–Trinajstić information content (AvgIpc) is 2.57. The Morgan fingerprint density at radius 2 is 1.96 bits per heavy atom. The van der Waals surface area contributed by atoms with Crippen molar-refractivity contribution in [1.82, 2.24) is 0 Å². The van der Waals surface area contributed by atoms with Gasteiger partial charge >= 0.3 is 0 Å². The Balaban J connectivity index is 2.22. The monoisotopic (exact) mass is 365 g/mol. The van der Waals surface area contributed by atoms with Crippen LogP contribution >= 0.6 is 0 Å². The molecule has 2 rings (SSSR count). The van der Waals surface area contributed by atoms with E-state index in [0.29, 0.717) is 11.3 Å². The molecule has 0 bridgehead atoms. The van der Waals surface area contributed by atoms with Crippen molar-refractivity contribution in [3.8, 4) is 0 Å². The molecule has 5 nitrogen and oxygen atoms in total. The number of carbonyl (C=O) groups excluding carboxylic acids is 1. The van der Waals surface area contributed by atoms with Crippen LogP contribution in [0.1, 0.15) is 22.8 Å². The molecule has 0 unspecified atom stereocenters. The van der Waals surface area contributed by atoms with Gasteiger partial charge in [-0.05, 0) is 54.8 Å². The van der Waals surface area contributed by atoms with Crippen LogP contribution < -0.4 is 5.32 Å². The molecule has 0 saturated carbocycles. The number of hydrogen-bond donors (Lipinski definition) is 2. The number of amides is 1. The molecule has 134 valence electrons.